The number of anilines is 2. The zero-order valence-electron chi connectivity index (χ0n) is 15.2. The number of morpholine rings is 1. The number of carbonyl (C=O) groups excluding carboxylic acids is 1. The summed E-state index contributed by atoms with van der Waals surface area (Å²) in [4.78, 5) is 12.2. The van der Waals surface area contributed by atoms with Crippen molar-refractivity contribution in [3.8, 4) is 0 Å². The maximum Gasteiger partial charge on any atom is 0.226 e. The van der Waals surface area contributed by atoms with Gasteiger partial charge in [-0.05, 0) is 30.7 Å². The number of hydrogen-bond donors (Lipinski definition) is 3. The molecule has 0 radical (unpaired) electrons. The SMILES string of the molecule is CC(Nc1ccc(NC(=O)CC2COCCN2)cc1Cl)c1ccccc1.Cl. The maximum absolute atomic E-state index is 12.2. The minimum atomic E-state index is -0.0533. The Morgan fingerprint density at radius 3 is 2.74 bits per heavy atom. The van der Waals surface area contributed by atoms with Crippen LogP contribution < -0.4 is 16.0 Å². The summed E-state index contributed by atoms with van der Waals surface area (Å²) in [5, 5.41) is 10.1. The molecule has 5 nitrogen and oxygen atoms in total. The van der Waals surface area contributed by atoms with Gasteiger partial charge in [0.15, 0.2) is 0 Å². The third-order valence-electron chi connectivity index (χ3n) is 4.35. The zero-order chi connectivity index (χ0) is 18.4. The third-order valence-corrected chi connectivity index (χ3v) is 4.67. The number of carbonyl (C=O) groups is 1. The Morgan fingerprint density at radius 1 is 1.30 bits per heavy atom. The lowest BCUT2D eigenvalue weighted by atomic mass is 10.1. The van der Waals surface area contributed by atoms with Crippen molar-refractivity contribution in [3.05, 3.63) is 59.1 Å². The first-order valence-electron chi connectivity index (χ1n) is 8.84. The topological polar surface area (TPSA) is 62.4 Å². The smallest absolute Gasteiger partial charge is 0.226 e. The molecular weight excluding hydrogens is 385 g/mol. The molecule has 1 saturated heterocycles. The van der Waals surface area contributed by atoms with E-state index < -0.39 is 0 Å². The third kappa shape index (κ3) is 6.40. The molecule has 2 aromatic rings. The van der Waals surface area contributed by atoms with Crippen molar-refractivity contribution in [1.82, 2.24) is 5.32 Å². The fourth-order valence-corrected chi connectivity index (χ4v) is 3.19. The van der Waals surface area contributed by atoms with E-state index in [2.05, 4.69) is 35.0 Å². The Labute approximate surface area is 171 Å². The highest BCUT2D eigenvalue weighted by Gasteiger charge is 2.17. The van der Waals surface area contributed by atoms with Gasteiger partial charge in [-0.25, -0.2) is 0 Å². The highest BCUT2D eigenvalue weighted by atomic mass is 35.5. The lowest BCUT2D eigenvalue weighted by Crippen LogP contribution is -2.43. The molecule has 3 rings (SSSR count). The summed E-state index contributed by atoms with van der Waals surface area (Å²) in [6.07, 6.45) is 0.378. The molecule has 1 aliphatic rings. The molecule has 2 atom stereocenters. The molecule has 0 spiro atoms. The Hall–Kier alpha value is -1.79. The summed E-state index contributed by atoms with van der Waals surface area (Å²) in [5.74, 6) is -0.0533. The highest BCUT2D eigenvalue weighted by molar-refractivity contribution is 6.33. The Kier molecular flexibility index (Phi) is 8.38. The van der Waals surface area contributed by atoms with Crippen LogP contribution in [0.4, 0.5) is 11.4 Å². The molecule has 2 unspecified atom stereocenters. The zero-order valence-corrected chi connectivity index (χ0v) is 16.8. The van der Waals surface area contributed by atoms with E-state index >= 15 is 0 Å². The molecule has 1 heterocycles. The first-order chi connectivity index (χ1) is 12.6. The molecule has 146 valence electrons. The van der Waals surface area contributed by atoms with Gasteiger partial charge in [0, 0.05) is 30.7 Å². The van der Waals surface area contributed by atoms with Crippen LogP contribution >= 0.6 is 24.0 Å². The molecular formula is C20H25Cl2N3O2. The van der Waals surface area contributed by atoms with Crippen LogP contribution in [0.15, 0.2) is 48.5 Å². The van der Waals surface area contributed by atoms with Gasteiger partial charge in [-0.15, -0.1) is 12.4 Å². The molecule has 0 bridgehead atoms. The van der Waals surface area contributed by atoms with Gasteiger partial charge >= 0.3 is 0 Å². The Morgan fingerprint density at radius 2 is 2.07 bits per heavy atom. The molecule has 3 N–H and O–H groups in total. The first kappa shape index (κ1) is 21.5. The lowest BCUT2D eigenvalue weighted by molar-refractivity contribution is -0.117. The summed E-state index contributed by atoms with van der Waals surface area (Å²) in [7, 11) is 0. The minimum absolute atomic E-state index is 0. The predicted molar refractivity (Wildman–Crippen MR) is 113 cm³/mol. The van der Waals surface area contributed by atoms with E-state index in [1.807, 2.05) is 30.3 Å². The van der Waals surface area contributed by atoms with E-state index in [4.69, 9.17) is 16.3 Å². The number of nitrogens with one attached hydrogen (secondary N) is 3. The summed E-state index contributed by atoms with van der Waals surface area (Å²) in [5.41, 5.74) is 2.71. The predicted octanol–water partition coefficient (Wildman–Crippen LogP) is 4.25. The van der Waals surface area contributed by atoms with Gasteiger partial charge in [-0.2, -0.15) is 0 Å². The fraction of sp³-hybridized carbons (Fsp3) is 0.350. The van der Waals surface area contributed by atoms with Crippen molar-refractivity contribution in [1.29, 1.82) is 0 Å². The van der Waals surface area contributed by atoms with Crippen molar-refractivity contribution >= 4 is 41.3 Å². The molecule has 0 aromatic heterocycles. The normalized spacial score (nSPS) is 17.5. The monoisotopic (exact) mass is 409 g/mol. The number of ether oxygens (including phenoxy) is 1. The van der Waals surface area contributed by atoms with Crippen molar-refractivity contribution in [2.24, 2.45) is 0 Å². The fourth-order valence-electron chi connectivity index (χ4n) is 2.95. The van der Waals surface area contributed by atoms with Gasteiger partial charge in [0.25, 0.3) is 0 Å². The second kappa shape index (κ2) is 10.5. The van der Waals surface area contributed by atoms with Crippen LogP contribution in [0.3, 0.4) is 0 Å². The summed E-state index contributed by atoms with van der Waals surface area (Å²) < 4.78 is 5.37. The second-order valence-corrected chi connectivity index (χ2v) is 6.86. The van der Waals surface area contributed by atoms with E-state index in [1.165, 1.54) is 5.56 Å². The van der Waals surface area contributed by atoms with Crippen LogP contribution in [-0.4, -0.2) is 31.7 Å². The van der Waals surface area contributed by atoms with Crippen molar-refractivity contribution in [2.75, 3.05) is 30.4 Å². The van der Waals surface area contributed by atoms with Crippen LogP contribution in [0, 0.1) is 0 Å². The number of rotatable bonds is 6. The lowest BCUT2D eigenvalue weighted by Gasteiger charge is -2.23. The number of amides is 1. The van der Waals surface area contributed by atoms with Gasteiger partial charge in [-0.1, -0.05) is 41.9 Å². The quantitative estimate of drug-likeness (QED) is 0.666. The Bertz CT molecular complexity index is 737. The molecule has 1 fully saturated rings. The number of halogens is 2. The standard InChI is InChI=1S/C20H24ClN3O2.ClH/c1-14(15-5-3-2-4-6-15)23-19-8-7-16(11-18(19)21)24-20(25)12-17-13-26-10-9-22-17;/h2-8,11,14,17,22-23H,9-10,12-13H2,1H3,(H,24,25);1H. The van der Waals surface area contributed by atoms with Crippen molar-refractivity contribution in [3.63, 3.8) is 0 Å². The molecule has 0 aliphatic carbocycles. The first-order valence-corrected chi connectivity index (χ1v) is 9.21. The highest BCUT2D eigenvalue weighted by Crippen LogP contribution is 2.29. The molecule has 2 aromatic carbocycles. The van der Waals surface area contributed by atoms with E-state index in [0.717, 1.165) is 12.2 Å². The largest absolute Gasteiger partial charge is 0.378 e. The summed E-state index contributed by atoms with van der Waals surface area (Å²) >= 11 is 6.39. The van der Waals surface area contributed by atoms with E-state index in [0.29, 0.717) is 30.3 Å². The number of hydrogen-bond acceptors (Lipinski definition) is 4. The second-order valence-electron chi connectivity index (χ2n) is 6.45. The van der Waals surface area contributed by atoms with Crippen LogP contribution in [0.25, 0.3) is 0 Å². The average Bonchev–Trinajstić information content (AvgIpc) is 2.65. The molecule has 0 saturated carbocycles. The molecule has 27 heavy (non-hydrogen) atoms. The molecule has 1 amide bonds. The molecule has 7 heteroatoms. The van der Waals surface area contributed by atoms with Gasteiger partial charge in [0.05, 0.1) is 23.9 Å². The van der Waals surface area contributed by atoms with E-state index in [-0.39, 0.29) is 30.4 Å². The molecule has 1 aliphatic heterocycles. The number of benzene rings is 2. The van der Waals surface area contributed by atoms with Gasteiger partial charge in [0.1, 0.15) is 0 Å². The van der Waals surface area contributed by atoms with Gasteiger partial charge < -0.3 is 20.7 Å². The van der Waals surface area contributed by atoms with Crippen LogP contribution in [-0.2, 0) is 9.53 Å². The van der Waals surface area contributed by atoms with Crippen molar-refractivity contribution in [2.45, 2.75) is 25.4 Å². The Balaban J connectivity index is 0.00000261. The van der Waals surface area contributed by atoms with Gasteiger partial charge in [0.2, 0.25) is 5.91 Å². The van der Waals surface area contributed by atoms with Crippen LogP contribution in [0.2, 0.25) is 5.02 Å². The van der Waals surface area contributed by atoms with E-state index in [1.54, 1.807) is 6.07 Å². The van der Waals surface area contributed by atoms with Crippen LogP contribution in [0.5, 0.6) is 0 Å². The summed E-state index contributed by atoms with van der Waals surface area (Å²) in [6.45, 7) is 4.13. The van der Waals surface area contributed by atoms with Crippen molar-refractivity contribution < 1.29 is 9.53 Å². The average molecular weight is 410 g/mol. The van der Waals surface area contributed by atoms with Crippen LogP contribution in [0.1, 0.15) is 24.9 Å². The summed E-state index contributed by atoms with van der Waals surface area (Å²) in [6, 6.07) is 15.9. The van der Waals surface area contributed by atoms with E-state index in [9.17, 15) is 4.79 Å². The maximum atomic E-state index is 12.2. The van der Waals surface area contributed by atoms with Gasteiger partial charge in [-0.3, -0.25) is 4.79 Å². The minimum Gasteiger partial charge on any atom is -0.378 e.